The number of amides is 1. The van der Waals surface area contributed by atoms with Crippen LogP contribution in [0.2, 0.25) is 0 Å². The van der Waals surface area contributed by atoms with Gasteiger partial charge in [-0.1, -0.05) is 0 Å². The lowest BCUT2D eigenvalue weighted by atomic mass is 10.0. The maximum atomic E-state index is 12.0. The Balaban J connectivity index is 2.10. The van der Waals surface area contributed by atoms with Crippen LogP contribution in [0.25, 0.3) is 0 Å². The number of likely N-dealkylation sites (tertiary alicyclic amines) is 1. The number of hydrogen-bond acceptors (Lipinski definition) is 3. The van der Waals surface area contributed by atoms with Crippen LogP contribution in [0.4, 0.5) is 4.79 Å². The Kier molecular flexibility index (Phi) is 2.79. The molecule has 17 heavy (non-hydrogen) atoms. The number of aliphatic carboxylic acids is 1. The van der Waals surface area contributed by atoms with Crippen molar-refractivity contribution in [2.75, 3.05) is 0 Å². The van der Waals surface area contributed by atoms with Gasteiger partial charge < -0.3 is 9.84 Å². The molecule has 2 rings (SSSR count). The van der Waals surface area contributed by atoms with Crippen LogP contribution < -0.4 is 0 Å². The summed E-state index contributed by atoms with van der Waals surface area (Å²) in [5.74, 6) is -0.445. The number of hydrogen-bond donors (Lipinski definition) is 1. The monoisotopic (exact) mass is 241 g/mol. The number of carboxylic acids is 1. The molecule has 2 aliphatic rings. The highest BCUT2D eigenvalue weighted by Crippen LogP contribution is 2.45. The van der Waals surface area contributed by atoms with Gasteiger partial charge in [0.1, 0.15) is 11.6 Å². The van der Waals surface area contributed by atoms with Gasteiger partial charge in [-0.25, -0.2) is 9.59 Å². The van der Waals surface area contributed by atoms with E-state index in [-0.39, 0.29) is 6.04 Å². The van der Waals surface area contributed by atoms with E-state index in [9.17, 15) is 9.59 Å². The highest BCUT2D eigenvalue weighted by molar-refractivity contribution is 5.81. The molecule has 0 bridgehead atoms. The van der Waals surface area contributed by atoms with E-state index < -0.39 is 23.7 Å². The molecule has 1 saturated heterocycles. The average Bonchev–Trinajstić information content (AvgIpc) is 2.90. The second kappa shape index (κ2) is 3.89. The van der Waals surface area contributed by atoms with Crippen LogP contribution >= 0.6 is 0 Å². The fraction of sp³-hybridized carbons (Fsp3) is 0.833. The zero-order valence-corrected chi connectivity index (χ0v) is 10.5. The molecule has 1 amide bonds. The molecule has 0 spiro atoms. The molecule has 0 aromatic carbocycles. The summed E-state index contributed by atoms with van der Waals surface area (Å²) in [7, 11) is 0. The van der Waals surface area contributed by atoms with E-state index in [1.54, 1.807) is 20.8 Å². The van der Waals surface area contributed by atoms with E-state index in [4.69, 9.17) is 9.84 Å². The van der Waals surface area contributed by atoms with Gasteiger partial charge in [0.15, 0.2) is 0 Å². The Labute approximate surface area is 101 Å². The van der Waals surface area contributed by atoms with Crippen LogP contribution in [0.15, 0.2) is 0 Å². The Morgan fingerprint density at radius 3 is 2.47 bits per heavy atom. The highest BCUT2D eigenvalue weighted by Gasteiger charge is 2.53. The lowest BCUT2D eigenvalue weighted by Gasteiger charge is -2.34. The van der Waals surface area contributed by atoms with Crippen LogP contribution in [0.5, 0.6) is 0 Å². The quantitative estimate of drug-likeness (QED) is 0.761. The van der Waals surface area contributed by atoms with Gasteiger partial charge in [0, 0.05) is 6.04 Å². The number of rotatable bonds is 1. The first-order chi connectivity index (χ1) is 7.79. The van der Waals surface area contributed by atoms with E-state index in [0.29, 0.717) is 12.3 Å². The SMILES string of the molecule is CC(C)(C)OC(=O)N1C2CC2CC[C@@H]1C(=O)O. The fourth-order valence-electron chi connectivity index (χ4n) is 2.44. The summed E-state index contributed by atoms with van der Waals surface area (Å²) >= 11 is 0. The van der Waals surface area contributed by atoms with Crippen LogP contribution in [0, 0.1) is 5.92 Å². The fourth-order valence-corrected chi connectivity index (χ4v) is 2.44. The third-order valence-electron chi connectivity index (χ3n) is 3.28. The number of carboxylic acid groups (broad SMARTS) is 1. The van der Waals surface area contributed by atoms with Crippen molar-refractivity contribution in [3.05, 3.63) is 0 Å². The average molecular weight is 241 g/mol. The van der Waals surface area contributed by atoms with Crippen LogP contribution in [-0.4, -0.2) is 39.8 Å². The van der Waals surface area contributed by atoms with E-state index in [0.717, 1.165) is 12.8 Å². The third kappa shape index (κ3) is 2.53. The van der Waals surface area contributed by atoms with Gasteiger partial charge in [-0.3, -0.25) is 4.90 Å². The maximum absolute atomic E-state index is 12.0. The van der Waals surface area contributed by atoms with Crippen molar-refractivity contribution in [3.63, 3.8) is 0 Å². The van der Waals surface area contributed by atoms with Crippen molar-refractivity contribution in [2.24, 2.45) is 5.92 Å². The first kappa shape index (κ1) is 12.2. The van der Waals surface area contributed by atoms with Crippen molar-refractivity contribution in [2.45, 2.75) is 57.7 Å². The van der Waals surface area contributed by atoms with Crippen LogP contribution in [0.3, 0.4) is 0 Å². The minimum Gasteiger partial charge on any atom is -0.480 e. The van der Waals surface area contributed by atoms with Gasteiger partial charge in [-0.2, -0.15) is 0 Å². The van der Waals surface area contributed by atoms with Gasteiger partial charge in [0.05, 0.1) is 0 Å². The molecule has 5 heteroatoms. The van der Waals surface area contributed by atoms with Crippen LogP contribution in [-0.2, 0) is 9.53 Å². The number of carbonyl (C=O) groups is 2. The second-order valence-electron chi connectivity index (χ2n) is 5.88. The summed E-state index contributed by atoms with van der Waals surface area (Å²) in [6.07, 6.45) is 1.87. The molecule has 96 valence electrons. The van der Waals surface area contributed by atoms with Crippen molar-refractivity contribution >= 4 is 12.1 Å². The summed E-state index contributed by atoms with van der Waals surface area (Å²) in [5.41, 5.74) is -0.581. The van der Waals surface area contributed by atoms with E-state index in [1.807, 2.05) is 0 Å². The Bertz CT molecular complexity index is 347. The van der Waals surface area contributed by atoms with Crippen molar-refractivity contribution in [1.82, 2.24) is 4.90 Å². The molecular formula is C12H19NO4. The molecule has 3 atom stereocenters. The molecule has 1 aliphatic heterocycles. The predicted octanol–water partition coefficient (Wildman–Crippen LogP) is 1.86. The standard InChI is InChI=1S/C12H19NO4/c1-12(2,3)17-11(16)13-8(10(14)15)5-4-7-6-9(7)13/h7-9H,4-6H2,1-3H3,(H,14,15)/t7?,8-,9?/m1/s1. The number of piperidine rings is 1. The number of carbonyl (C=O) groups excluding carboxylic acids is 1. The number of ether oxygens (including phenoxy) is 1. The molecule has 2 fully saturated rings. The molecule has 1 aliphatic carbocycles. The largest absolute Gasteiger partial charge is 0.480 e. The van der Waals surface area contributed by atoms with Gasteiger partial charge >= 0.3 is 12.1 Å². The van der Waals surface area contributed by atoms with Gasteiger partial charge in [0.25, 0.3) is 0 Å². The minimum absolute atomic E-state index is 0.0831. The highest BCUT2D eigenvalue weighted by atomic mass is 16.6. The van der Waals surface area contributed by atoms with Gasteiger partial charge in [-0.15, -0.1) is 0 Å². The Morgan fingerprint density at radius 2 is 1.94 bits per heavy atom. The summed E-state index contributed by atoms with van der Waals surface area (Å²) < 4.78 is 5.28. The zero-order chi connectivity index (χ0) is 12.8. The van der Waals surface area contributed by atoms with E-state index in [1.165, 1.54) is 4.90 Å². The molecule has 2 unspecified atom stereocenters. The van der Waals surface area contributed by atoms with E-state index in [2.05, 4.69) is 0 Å². The Hall–Kier alpha value is -1.26. The predicted molar refractivity (Wildman–Crippen MR) is 60.6 cm³/mol. The smallest absolute Gasteiger partial charge is 0.411 e. The molecule has 0 aromatic rings. The summed E-state index contributed by atoms with van der Waals surface area (Å²) in [4.78, 5) is 24.6. The molecule has 0 aromatic heterocycles. The summed E-state index contributed by atoms with van der Waals surface area (Å²) in [6, 6.07) is -0.631. The first-order valence-electron chi connectivity index (χ1n) is 6.04. The molecule has 1 saturated carbocycles. The molecule has 1 N–H and O–H groups in total. The van der Waals surface area contributed by atoms with Crippen LogP contribution in [0.1, 0.15) is 40.0 Å². The second-order valence-corrected chi connectivity index (χ2v) is 5.88. The molecular weight excluding hydrogens is 222 g/mol. The van der Waals surface area contributed by atoms with Gasteiger partial charge in [0.2, 0.25) is 0 Å². The van der Waals surface area contributed by atoms with Crippen molar-refractivity contribution in [1.29, 1.82) is 0 Å². The molecule has 0 radical (unpaired) electrons. The Morgan fingerprint density at radius 1 is 1.29 bits per heavy atom. The van der Waals surface area contributed by atoms with Crippen molar-refractivity contribution < 1.29 is 19.4 Å². The molecule has 1 heterocycles. The third-order valence-corrected chi connectivity index (χ3v) is 3.28. The number of nitrogens with zero attached hydrogens (tertiary/aromatic N) is 1. The maximum Gasteiger partial charge on any atom is 0.411 e. The summed E-state index contributed by atoms with van der Waals surface area (Å²) in [5, 5.41) is 9.14. The number of fused-ring (bicyclic) bond motifs is 1. The van der Waals surface area contributed by atoms with Crippen molar-refractivity contribution in [3.8, 4) is 0 Å². The minimum atomic E-state index is -0.929. The zero-order valence-electron chi connectivity index (χ0n) is 10.5. The normalized spacial score (nSPS) is 31.7. The lowest BCUT2D eigenvalue weighted by molar-refractivity contribution is -0.144. The lowest BCUT2D eigenvalue weighted by Crippen LogP contribution is -2.50. The first-order valence-corrected chi connectivity index (χ1v) is 6.04. The molecule has 5 nitrogen and oxygen atoms in total. The van der Waals surface area contributed by atoms with Gasteiger partial charge in [-0.05, 0) is 46.0 Å². The topological polar surface area (TPSA) is 66.8 Å². The van der Waals surface area contributed by atoms with E-state index >= 15 is 0 Å². The summed E-state index contributed by atoms with van der Waals surface area (Å²) in [6.45, 7) is 5.36.